The molecule has 1 saturated carbocycles. The molecule has 1 fully saturated rings. The lowest BCUT2D eigenvalue weighted by Crippen LogP contribution is -2.14. The van der Waals surface area contributed by atoms with Crippen molar-refractivity contribution >= 4 is 21.4 Å². The van der Waals surface area contributed by atoms with E-state index >= 15 is 0 Å². The van der Waals surface area contributed by atoms with E-state index in [0.29, 0.717) is 11.3 Å². The predicted molar refractivity (Wildman–Crippen MR) is 96.8 cm³/mol. The van der Waals surface area contributed by atoms with Gasteiger partial charge in [-0.3, -0.25) is 4.79 Å². The summed E-state index contributed by atoms with van der Waals surface area (Å²) in [5, 5.41) is 2.79. The van der Waals surface area contributed by atoms with Crippen molar-refractivity contribution in [1.82, 2.24) is 0 Å². The second-order valence-corrected chi connectivity index (χ2v) is 8.32. The van der Waals surface area contributed by atoms with Crippen molar-refractivity contribution in [3.8, 4) is 5.75 Å². The van der Waals surface area contributed by atoms with Gasteiger partial charge in [0.15, 0.2) is 9.84 Å². The molecule has 0 aromatic heterocycles. The van der Waals surface area contributed by atoms with Gasteiger partial charge < -0.3 is 10.1 Å². The van der Waals surface area contributed by atoms with Gasteiger partial charge >= 0.3 is 0 Å². The number of rotatable bonds is 5. The van der Waals surface area contributed by atoms with Gasteiger partial charge in [0, 0.05) is 23.6 Å². The first-order valence-electron chi connectivity index (χ1n) is 8.30. The van der Waals surface area contributed by atoms with E-state index in [-0.39, 0.29) is 16.9 Å². The molecule has 0 spiro atoms. The molecule has 5 nitrogen and oxygen atoms in total. The predicted octanol–water partition coefficient (Wildman–Crippen LogP) is 3.66. The van der Waals surface area contributed by atoms with Gasteiger partial charge in [0.05, 0.1) is 11.0 Å². The standard InChI is InChI=1S/C19H21NO4S/c1-25(22,23)18-11-4-6-14(12-18)19(21)20-15-7-5-10-17(13-15)24-16-8-2-3-9-16/h4-7,10-13,16H,2-3,8-9H2,1H3,(H,20,21). The van der Waals surface area contributed by atoms with Crippen LogP contribution in [0.1, 0.15) is 36.0 Å². The lowest BCUT2D eigenvalue weighted by atomic mass is 10.2. The number of nitrogens with one attached hydrogen (secondary N) is 1. The van der Waals surface area contributed by atoms with Crippen LogP contribution in [0.4, 0.5) is 5.69 Å². The van der Waals surface area contributed by atoms with Crippen molar-refractivity contribution in [3.05, 3.63) is 54.1 Å². The first-order chi connectivity index (χ1) is 11.9. The van der Waals surface area contributed by atoms with Crippen LogP contribution in [0.25, 0.3) is 0 Å². The molecular weight excluding hydrogens is 338 g/mol. The molecule has 1 aliphatic rings. The minimum Gasteiger partial charge on any atom is -0.490 e. The van der Waals surface area contributed by atoms with Crippen molar-refractivity contribution < 1.29 is 17.9 Å². The molecule has 132 valence electrons. The first kappa shape index (κ1) is 17.5. The number of carbonyl (C=O) groups is 1. The van der Waals surface area contributed by atoms with E-state index in [1.165, 1.54) is 25.0 Å². The van der Waals surface area contributed by atoms with Crippen molar-refractivity contribution in [1.29, 1.82) is 0 Å². The molecule has 2 aromatic carbocycles. The molecule has 0 unspecified atom stereocenters. The van der Waals surface area contributed by atoms with Gasteiger partial charge in [-0.25, -0.2) is 8.42 Å². The van der Waals surface area contributed by atoms with Crippen LogP contribution in [0.15, 0.2) is 53.4 Å². The van der Waals surface area contributed by atoms with Crippen LogP contribution in [0.5, 0.6) is 5.75 Å². The van der Waals surface area contributed by atoms with Gasteiger partial charge in [0.1, 0.15) is 5.75 Å². The molecule has 0 heterocycles. The Bertz CT molecular complexity index is 870. The Balaban J connectivity index is 1.72. The molecule has 1 aliphatic carbocycles. The minimum absolute atomic E-state index is 0.124. The van der Waals surface area contributed by atoms with E-state index in [1.54, 1.807) is 24.3 Å². The lowest BCUT2D eigenvalue weighted by Gasteiger charge is -2.14. The van der Waals surface area contributed by atoms with Crippen LogP contribution in [-0.2, 0) is 9.84 Å². The van der Waals surface area contributed by atoms with E-state index in [4.69, 9.17) is 4.74 Å². The van der Waals surface area contributed by atoms with Gasteiger partial charge in [0.2, 0.25) is 0 Å². The van der Waals surface area contributed by atoms with Crippen LogP contribution < -0.4 is 10.1 Å². The largest absolute Gasteiger partial charge is 0.490 e. The second-order valence-electron chi connectivity index (χ2n) is 6.31. The molecule has 0 saturated heterocycles. The highest BCUT2D eigenvalue weighted by atomic mass is 32.2. The Labute approximate surface area is 147 Å². The highest BCUT2D eigenvalue weighted by Crippen LogP contribution is 2.26. The Morgan fingerprint density at radius 2 is 1.80 bits per heavy atom. The average molecular weight is 359 g/mol. The molecule has 1 N–H and O–H groups in total. The van der Waals surface area contributed by atoms with Gasteiger partial charge in [-0.05, 0) is 56.0 Å². The van der Waals surface area contributed by atoms with Crippen molar-refractivity contribution in [3.63, 3.8) is 0 Å². The second kappa shape index (κ2) is 7.27. The number of carbonyl (C=O) groups excluding carboxylic acids is 1. The highest BCUT2D eigenvalue weighted by molar-refractivity contribution is 7.90. The Kier molecular flexibility index (Phi) is 5.08. The number of amides is 1. The summed E-state index contributed by atoms with van der Waals surface area (Å²) < 4.78 is 29.2. The van der Waals surface area contributed by atoms with E-state index < -0.39 is 9.84 Å². The summed E-state index contributed by atoms with van der Waals surface area (Å²) in [7, 11) is -3.35. The van der Waals surface area contributed by atoms with E-state index in [2.05, 4.69) is 5.32 Å². The molecule has 0 atom stereocenters. The number of hydrogen-bond donors (Lipinski definition) is 1. The summed E-state index contributed by atoms with van der Waals surface area (Å²) in [6.07, 6.45) is 5.88. The first-order valence-corrected chi connectivity index (χ1v) is 10.2. The van der Waals surface area contributed by atoms with E-state index in [9.17, 15) is 13.2 Å². The third-order valence-electron chi connectivity index (χ3n) is 4.22. The molecule has 2 aromatic rings. The van der Waals surface area contributed by atoms with Crippen molar-refractivity contribution in [2.75, 3.05) is 11.6 Å². The van der Waals surface area contributed by atoms with Gasteiger partial charge in [0.25, 0.3) is 5.91 Å². The van der Waals surface area contributed by atoms with Gasteiger partial charge in [-0.1, -0.05) is 12.1 Å². The summed E-state index contributed by atoms with van der Waals surface area (Å²) in [5.74, 6) is 0.373. The summed E-state index contributed by atoms with van der Waals surface area (Å²) in [5.41, 5.74) is 0.912. The number of ether oxygens (including phenoxy) is 1. The maximum absolute atomic E-state index is 12.4. The third-order valence-corrected chi connectivity index (χ3v) is 5.33. The fourth-order valence-corrected chi connectivity index (χ4v) is 3.58. The normalized spacial score (nSPS) is 15.1. The zero-order chi connectivity index (χ0) is 17.9. The van der Waals surface area contributed by atoms with Gasteiger partial charge in [-0.15, -0.1) is 0 Å². The Morgan fingerprint density at radius 3 is 2.52 bits per heavy atom. The maximum Gasteiger partial charge on any atom is 0.255 e. The summed E-state index contributed by atoms with van der Waals surface area (Å²) >= 11 is 0. The average Bonchev–Trinajstić information content (AvgIpc) is 3.07. The van der Waals surface area contributed by atoms with Crippen molar-refractivity contribution in [2.45, 2.75) is 36.7 Å². The zero-order valence-electron chi connectivity index (χ0n) is 14.1. The molecule has 1 amide bonds. The zero-order valence-corrected chi connectivity index (χ0v) is 14.9. The van der Waals surface area contributed by atoms with Gasteiger partial charge in [-0.2, -0.15) is 0 Å². The number of hydrogen-bond acceptors (Lipinski definition) is 4. The summed E-state index contributed by atoms with van der Waals surface area (Å²) in [4.78, 5) is 12.5. The van der Waals surface area contributed by atoms with Crippen LogP contribution in [0, 0.1) is 0 Å². The number of benzene rings is 2. The van der Waals surface area contributed by atoms with Crippen molar-refractivity contribution in [2.24, 2.45) is 0 Å². The fraction of sp³-hybridized carbons (Fsp3) is 0.316. The maximum atomic E-state index is 12.4. The molecule has 0 radical (unpaired) electrons. The van der Waals surface area contributed by atoms with E-state index in [1.807, 2.05) is 12.1 Å². The van der Waals surface area contributed by atoms with Crippen LogP contribution in [0.2, 0.25) is 0 Å². The highest BCUT2D eigenvalue weighted by Gasteiger charge is 2.17. The number of anilines is 1. The molecule has 0 aliphatic heterocycles. The van der Waals surface area contributed by atoms with Crippen LogP contribution in [0.3, 0.4) is 0 Å². The molecule has 3 rings (SSSR count). The summed E-state index contributed by atoms with van der Waals surface area (Å²) in [6, 6.07) is 13.3. The van der Waals surface area contributed by atoms with Crippen LogP contribution >= 0.6 is 0 Å². The number of sulfone groups is 1. The molecule has 0 bridgehead atoms. The smallest absolute Gasteiger partial charge is 0.255 e. The molecular formula is C19H21NO4S. The topological polar surface area (TPSA) is 72.5 Å². The Morgan fingerprint density at radius 1 is 1.08 bits per heavy atom. The lowest BCUT2D eigenvalue weighted by molar-refractivity contribution is 0.102. The van der Waals surface area contributed by atoms with Crippen LogP contribution in [-0.4, -0.2) is 26.7 Å². The monoisotopic (exact) mass is 359 g/mol. The quantitative estimate of drug-likeness (QED) is 0.884. The summed E-state index contributed by atoms with van der Waals surface area (Å²) in [6.45, 7) is 0. The fourth-order valence-electron chi connectivity index (χ4n) is 2.92. The SMILES string of the molecule is CS(=O)(=O)c1cccc(C(=O)Nc2cccc(OC3CCCC3)c2)c1. The minimum atomic E-state index is -3.35. The Hall–Kier alpha value is -2.34. The third kappa shape index (κ3) is 4.60. The van der Waals surface area contributed by atoms with E-state index in [0.717, 1.165) is 24.8 Å². The molecule has 25 heavy (non-hydrogen) atoms. The molecule has 6 heteroatoms.